The fourth-order valence-corrected chi connectivity index (χ4v) is 7.14. The van der Waals surface area contributed by atoms with Gasteiger partial charge in [-0.3, -0.25) is 5.32 Å². The van der Waals surface area contributed by atoms with Crippen molar-refractivity contribution in [1.82, 2.24) is 4.98 Å². The molecule has 3 amide bonds. The van der Waals surface area contributed by atoms with Crippen molar-refractivity contribution in [3.8, 4) is 0 Å². The summed E-state index contributed by atoms with van der Waals surface area (Å²) in [5.41, 5.74) is 8.04. The number of aryl methyl sites for hydroxylation is 2. The van der Waals surface area contributed by atoms with Gasteiger partial charge in [0.05, 0.1) is 17.3 Å². The van der Waals surface area contributed by atoms with Crippen LogP contribution in [0.2, 0.25) is 0 Å². The van der Waals surface area contributed by atoms with E-state index in [4.69, 9.17) is 19.9 Å². The summed E-state index contributed by atoms with van der Waals surface area (Å²) < 4.78 is 41.2. The van der Waals surface area contributed by atoms with E-state index in [-0.39, 0.29) is 29.6 Å². The van der Waals surface area contributed by atoms with Crippen molar-refractivity contribution in [1.29, 1.82) is 0 Å². The SMILES string of the molecule is CCS(=O)(=O)c1ccc(NC(=O)OCCc2c(C)cc(C(Nc3ccc4c(N(C(=O)OC(C)(C)C)C(=O)OC(C)(C)C)nccc4c3)C(=O)O)cc2C)cc1CN. The van der Waals surface area contributed by atoms with Gasteiger partial charge in [-0.05, 0) is 131 Å². The number of sulfone groups is 1. The number of imide groups is 1. The summed E-state index contributed by atoms with van der Waals surface area (Å²) in [6, 6.07) is 13.4. The molecule has 5 N–H and O–H groups in total. The van der Waals surface area contributed by atoms with E-state index in [0.29, 0.717) is 39.7 Å². The average Bonchev–Trinajstić information content (AvgIpc) is 3.09. The van der Waals surface area contributed by atoms with Crippen LogP contribution in [0.3, 0.4) is 0 Å². The predicted molar refractivity (Wildman–Crippen MR) is 217 cm³/mol. The molecule has 1 unspecified atom stereocenters. The van der Waals surface area contributed by atoms with Crippen molar-refractivity contribution in [2.75, 3.05) is 27.9 Å². The highest BCUT2D eigenvalue weighted by molar-refractivity contribution is 7.91. The zero-order chi connectivity index (χ0) is 42.5. The van der Waals surface area contributed by atoms with E-state index >= 15 is 0 Å². The van der Waals surface area contributed by atoms with Gasteiger partial charge in [0.1, 0.15) is 11.2 Å². The quantitative estimate of drug-likeness (QED) is 0.101. The summed E-state index contributed by atoms with van der Waals surface area (Å²) in [5.74, 6) is -1.22. The third-order valence-corrected chi connectivity index (χ3v) is 10.4. The highest BCUT2D eigenvalue weighted by Gasteiger charge is 2.35. The minimum absolute atomic E-state index is 0.0138. The first-order valence-electron chi connectivity index (χ1n) is 18.3. The third-order valence-electron chi connectivity index (χ3n) is 8.54. The topological polar surface area (TPSA) is 217 Å². The number of carboxylic acid groups (broad SMARTS) is 1. The Morgan fingerprint density at radius 2 is 1.47 bits per heavy atom. The lowest BCUT2D eigenvalue weighted by molar-refractivity contribution is -0.138. The Hall–Kier alpha value is -5.74. The monoisotopic (exact) mass is 805 g/mol. The van der Waals surface area contributed by atoms with Gasteiger partial charge in [0, 0.05) is 35.9 Å². The molecule has 306 valence electrons. The zero-order valence-corrected chi connectivity index (χ0v) is 34.5. The van der Waals surface area contributed by atoms with Gasteiger partial charge >= 0.3 is 24.2 Å². The van der Waals surface area contributed by atoms with Crippen LogP contribution in [-0.4, -0.2) is 66.3 Å². The molecule has 4 aromatic rings. The lowest BCUT2D eigenvalue weighted by Gasteiger charge is -2.28. The van der Waals surface area contributed by atoms with Gasteiger partial charge in [0.15, 0.2) is 21.7 Å². The molecule has 0 fully saturated rings. The second kappa shape index (κ2) is 17.6. The zero-order valence-electron chi connectivity index (χ0n) is 33.7. The van der Waals surface area contributed by atoms with Crippen LogP contribution in [0.4, 0.5) is 31.6 Å². The number of carboxylic acids is 1. The molecule has 0 aliphatic rings. The number of pyridine rings is 1. The molecular formula is C41H51N5O10S. The molecule has 0 aliphatic carbocycles. The Kier molecular flexibility index (Phi) is 13.6. The van der Waals surface area contributed by atoms with Gasteiger partial charge < -0.3 is 30.4 Å². The molecule has 0 spiro atoms. The van der Waals surface area contributed by atoms with Crippen LogP contribution in [0.25, 0.3) is 10.8 Å². The number of nitrogens with one attached hydrogen (secondary N) is 2. The largest absolute Gasteiger partial charge is 0.479 e. The number of fused-ring (bicyclic) bond motifs is 1. The Morgan fingerprint density at radius 1 is 0.877 bits per heavy atom. The normalized spacial score (nSPS) is 12.4. The standard InChI is InChI=1S/C41H51N5O10S/c1-10-57(52,53)33-14-12-30(22-28(33)23-42)45-37(49)54-18-16-31-24(2)19-27(20-25(31)3)34(36(47)48)44-29-11-13-32-26(21-29)15-17-43-35(32)46(38(50)55-40(4,5)6)39(51)56-41(7,8)9/h11-15,17,19-22,34,44H,10,16,18,23,42H2,1-9H3,(H,45,49)(H,47,48). The summed E-state index contributed by atoms with van der Waals surface area (Å²) >= 11 is 0. The molecule has 3 aromatic carbocycles. The minimum atomic E-state index is -3.48. The second-order valence-corrected chi connectivity index (χ2v) is 17.6. The third kappa shape index (κ3) is 11.4. The van der Waals surface area contributed by atoms with E-state index in [1.165, 1.54) is 24.4 Å². The summed E-state index contributed by atoms with van der Waals surface area (Å²) in [4.78, 5) is 57.0. The van der Waals surface area contributed by atoms with Crippen LogP contribution in [0.15, 0.2) is 65.7 Å². The summed E-state index contributed by atoms with van der Waals surface area (Å²) in [5, 5.41) is 17.0. The molecule has 0 radical (unpaired) electrons. The number of nitrogens with two attached hydrogens (primary N) is 1. The number of ether oxygens (including phenoxy) is 3. The lowest BCUT2D eigenvalue weighted by Crippen LogP contribution is -2.44. The van der Waals surface area contributed by atoms with Gasteiger partial charge in [-0.25, -0.2) is 32.6 Å². The number of carbonyl (C=O) groups excluding carboxylic acids is 3. The number of hydrogen-bond donors (Lipinski definition) is 4. The fourth-order valence-electron chi connectivity index (χ4n) is 6.01. The highest BCUT2D eigenvalue weighted by atomic mass is 32.2. The maximum Gasteiger partial charge on any atom is 0.425 e. The molecule has 4 rings (SSSR count). The summed E-state index contributed by atoms with van der Waals surface area (Å²) in [7, 11) is -3.48. The fraction of sp³-hybridized carbons (Fsp3) is 0.390. The number of carbonyl (C=O) groups is 4. The number of hydrogen-bond acceptors (Lipinski definition) is 12. The van der Waals surface area contributed by atoms with Crippen molar-refractivity contribution in [3.63, 3.8) is 0 Å². The average molecular weight is 806 g/mol. The molecule has 1 atom stereocenters. The first-order chi connectivity index (χ1) is 26.5. The summed E-state index contributed by atoms with van der Waals surface area (Å²) in [6.07, 6.45) is -0.892. The first-order valence-corrected chi connectivity index (χ1v) is 19.9. The van der Waals surface area contributed by atoms with Gasteiger partial charge in [-0.1, -0.05) is 19.1 Å². The summed E-state index contributed by atoms with van der Waals surface area (Å²) in [6.45, 7) is 15.3. The van der Waals surface area contributed by atoms with Gasteiger partial charge in [0.25, 0.3) is 0 Å². The van der Waals surface area contributed by atoms with Crippen LogP contribution >= 0.6 is 0 Å². The molecule has 0 bridgehead atoms. The van der Waals surface area contributed by atoms with Crippen molar-refractivity contribution in [2.24, 2.45) is 5.73 Å². The Bertz CT molecular complexity index is 2230. The van der Waals surface area contributed by atoms with Crippen LogP contribution in [0, 0.1) is 13.8 Å². The Morgan fingerprint density at radius 3 is 2.02 bits per heavy atom. The minimum Gasteiger partial charge on any atom is -0.479 e. The van der Waals surface area contributed by atoms with Gasteiger partial charge in [0.2, 0.25) is 0 Å². The first kappa shape index (κ1) is 44.0. The number of aliphatic carboxylic acids is 1. The molecule has 16 heteroatoms. The van der Waals surface area contributed by atoms with E-state index in [0.717, 1.165) is 21.6 Å². The molecule has 1 heterocycles. The van der Waals surface area contributed by atoms with Gasteiger partial charge in [-0.15, -0.1) is 0 Å². The van der Waals surface area contributed by atoms with E-state index in [2.05, 4.69) is 15.6 Å². The molecule has 0 saturated carbocycles. The number of nitrogens with zero attached hydrogens (tertiary/aromatic N) is 2. The highest BCUT2D eigenvalue weighted by Crippen LogP contribution is 2.32. The van der Waals surface area contributed by atoms with Crippen LogP contribution in [-0.2, 0) is 41.8 Å². The maximum atomic E-state index is 13.3. The molecule has 57 heavy (non-hydrogen) atoms. The molecular weight excluding hydrogens is 755 g/mol. The van der Waals surface area contributed by atoms with E-state index in [1.807, 2.05) is 13.8 Å². The van der Waals surface area contributed by atoms with Crippen LogP contribution in [0.1, 0.15) is 82.3 Å². The number of benzene rings is 3. The van der Waals surface area contributed by atoms with Crippen molar-refractivity contribution in [2.45, 2.75) is 97.4 Å². The lowest BCUT2D eigenvalue weighted by atomic mass is 9.94. The van der Waals surface area contributed by atoms with E-state index < -0.39 is 51.3 Å². The van der Waals surface area contributed by atoms with E-state index in [9.17, 15) is 32.7 Å². The number of amides is 3. The van der Waals surface area contributed by atoms with Crippen molar-refractivity contribution >= 4 is 62.1 Å². The molecule has 0 aliphatic heterocycles. The van der Waals surface area contributed by atoms with Crippen molar-refractivity contribution < 1.29 is 46.9 Å². The Balaban J connectivity index is 1.51. The molecule has 0 saturated heterocycles. The van der Waals surface area contributed by atoms with Crippen LogP contribution < -0.4 is 21.3 Å². The maximum absolute atomic E-state index is 13.3. The molecule has 15 nitrogen and oxygen atoms in total. The van der Waals surface area contributed by atoms with Crippen LogP contribution in [0.5, 0.6) is 0 Å². The van der Waals surface area contributed by atoms with Gasteiger partial charge in [-0.2, -0.15) is 4.90 Å². The predicted octanol–water partition coefficient (Wildman–Crippen LogP) is 7.81. The Labute approximate surface area is 332 Å². The van der Waals surface area contributed by atoms with E-state index in [1.54, 1.807) is 84.9 Å². The smallest absolute Gasteiger partial charge is 0.425 e. The molecule has 1 aromatic heterocycles. The number of rotatable bonds is 12. The second-order valence-electron chi connectivity index (χ2n) is 15.4. The number of anilines is 3. The van der Waals surface area contributed by atoms with Crippen molar-refractivity contribution in [3.05, 3.63) is 88.6 Å². The number of aromatic nitrogens is 1.